The molecule has 1 aromatic carbocycles. The zero-order chi connectivity index (χ0) is 14.6. The summed E-state index contributed by atoms with van der Waals surface area (Å²) in [5.74, 6) is 0.810. The van der Waals surface area contributed by atoms with Crippen LogP contribution in [0.3, 0.4) is 0 Å². The summed E-state index contributed by atoms with van der Waals surface area (Å²) in [6.45, 7) is 10.6. The van der Waals surface area contributed by atoms with Crippen LogP contribution in [0.4, 0.5) is 0 Å². The fraction of sp³-hybridized carbons (Fsp3) is 0.579. The topological polar surface area (TPSA) is 3.24 Å². The first-order valence-corrected chi connectivity index (χ1v) is 7.97. The summed E-state index contributed by atoms with van der Waals surface area (Å²) in [4.78, 5) is 2.68. The third-order valence-corrected chi connectivity index (χ3v) is 4.28. The molecule has 1 heteroatoms. The Morgan fingerprint density at radius 1 is 1.10 bits per heavy atom. The predicted molar refractivity (Wildman–Crippen MR) is 88.7 cm³/mol. The van der Waals surface area contributed by atoms with Crippen molar-refractivity contribution >= 4 is 6.08 Å². The average molecular weight is 271 g/mol. The van der Waals surface area contributed by atoms with Gasteiger partial charge in [0.05, 0.1) is 0 Å². The fourth-order valence-electron chi connectivity index (χ4n) is 3.15. The van der Waals surface area contributed by atoms with E-state index in [1.54, 1.807) is 0 Å². The number of hydrogen-bond donors (Lipinski definition) is 0. The van der Waals surface area contributed by atoms with Crippen molar-refractivity contribution in [3.63, 3.8) is 0 Å². The van der Waals surface area contributed by atoms with E-state index >= 15 is 0 Å². The van der Waals surface area contributed by atoms with Crippen molar-refractivity contribution in [1.82, 2.24) is 4.90 Å². The average Bonchev–Trinajstić information content (AvgIpc) is 2.59. The summed E-state index contributed by atoms with van der Waals surface area (Å²) in [6.07, 6.45) is 8.70. The third kappa shape index (κ3) is 4.21. The molecule has 0 N–H and O–H groups in total. The van der Waals surface area contributed by atoms with E-state index in [-0.39, 0.29) is 5.54 Å². The van der Waals surface area contributed by atoms with Crippen molar-refractivity contribution in [1.29, 1.82) is 0 Å². The summed E-state index contributed by atoms with van der Waals surface area (Å²) in [5.41, 5.74) is 1.54. The lowest BCUT2D eigenvalue weighted by Gasteiger charge is -2.40. The molecule has 0 bridgehead atoms. The second-order valence-electron chi connectivity index (χ2n) is 7.20. The van der Waals surface area contributed by atoms with Crippen LogP contribution in [0.2, 0.25) is 0 Å². The molecule has 0 amide bonds. The molecule has 0 radical (unpaired) electrons. The molecule has 1 nitrogen and oxygen atoms in total. The lowest BCUT2D eigenvalue weighted by molar-refractivity contribution is 0.0952. The molecule has 20 heavy (non-hydrogen) atoms. The quantitative estimate of drug-likeness (QED) is 0.732. The smallest absolute Gasteiger partial charge is 0.0286 e. The van der Waals surface area contributed by atoms with Crippen molar-refractivity contribution in [3.8, 4) is 0 Å². The van der Waals surface area contributed by atoms with Crippen LogP contribution in [-0.4, -0.2) is 23.0 Å². The number of hydrogen-bond acceptors (Lipinski definition) is 1. The first-order valence-electron chi connectivity index (χ1n) is 7.97. The van der Waals surface area contributed by atoms with Gasteiger partial charge in [0.1, 0.15) is 0 Å². The van der Waals surface area contributed by atoms with E-state index in [1.165, 1.54) is 31.4 Å². The summed E-state index contributed by atoms with van der Waals surface area (Å²) in [6, 6.07) is 11.2. The number of rotatable bonds is 2. The first-order chi connectivity index (χ1) is 9.47. The standard InChI is InChI=1S/C19H29N/c1-16-9-8-12-18(20(15-16)19(2,3)4)14-13-17-10-6-5-7-11-17/h5-7,10-11,13-14,16,18H,8-9,12,15H2,1-4H3/b14-13+. The molecule has 1 heterocycles. The van der Waals surface area contributed by atoms with Gasteiger partial charge < -0.3 is 0 Å². The minimum Gasteiger partial charge on any atom is -0.292 e. The maximum Gasteiger partial charge on any atom is 0.0286 e. The molecule has 0 spiro atoms. The zero-order valence-corrected chi connectivity index (χ0v) is 13.5. The van der Waals surface area contributed by atoms with Crippen molar-refractivity contribution in [2.24, 2.45) is 5.92 Å². The minimum absolute atomic E-state index is 0.240. The monoisotopic (exact) mass is 271 g/mol. The van der Waals surface area contributed by atoms with Crippen LogP contribution in [-0.2, 0) is 0 Å². The molecule has 0 aliphatic carbocycles. The highest BCUT2D eigenvalue weighted by atomic mass is 15.2. The van der Waals surface area contributed by atoms with Gasteiger partial charge in [0.15, 0.2) is 0 Å². The molecule has 1 fully saturated rings. The van der Waals surface area contributed by atoms with E-state index in [2.05, 4.69) is 75.1 Å². The summed E-state index contributed by atoms with van der Waals surface area (Å²) < 4.78 is 0. The number of benzene rings is 1. The van der Waals surface area contributed by atoms with Gasteiger partial charge in [-0.15, -0.1) is 0 Å². The Morgan fingerprint density at radius 3 is 2.45 bits per heavy atom. The summed E-state index contributed by atoms with van der Waals surface area (Å²) in [7, 11) is 0. The Morgan fingerprint density at radius 2 is 1.80 bits per heavy atom. The molecule has 0 saturated carbocycles. The largest absolute Gasteiger partial charge is 0.292 e. The lowest BCUT2D eigenvalue weighted by Crippen LogP contribution is -2.48. The highest BCUT2D eigenvalue weighted by Crippen LogP contribution is 2.28. The van der Waals surface area contributed by atoms with E-state index in [0.717, 1.165) is 5.92 Å². The van der Waals surface area contributed by atoms with Crippen molar-refractivity contribution in [2.45, 2.75) is 58.5 Å². The molecular formula is C19H29N. The van der Waals surface area contributed by atoms with E-state index in [4.69, 9.17) is 0 Å². The Bertz CT molecular complexity index is 427. The second kappa shape index (κ2) is 6.58. The van der Waals surface area contributed by atoms with Gasteiger partial charge in [-0.3, -0.25) is 4.90 Å². The molecular weight excluding hydrogens is 242 g/mol. The molecule has 2 unspecified atom stereocenters. The first kappa shape index (κ1) is 15.3. The number of nitrogens with zero attached hydrogens (tertiary/aromatic N) is 1. The molecule has 1 aliphatic rings. The van der Waals surface area contributed by atoms with Gasteiger partial charge in [-0.1, -0.05) is 55.8 Å². The Kier molecular flexibility index (Phi) is 5.04. The van der Waals surface area contributed by atoms with Crippen LogP contribution in [0.1, 0.15) is 52.5 Å². The van der Waals surface area contributed by atoms with Crippen molar-refractivity contribution < 1.29 is 0 Å². The zero-order valence-electron chi connectivity index (χ0n) is 13.5. The van der Waals surface area contributed by atoms with E-state index in [9.17, 15) is 0 Å². The van der Waals surface area contributed by atoms with Crippen LogP contribution in [0.15, 0.2) is 36.4 Å². The molecule has 1 aliphatic heterocycles. The summed E-state index contributed by atoms with van der Waals surface area (Å²) in [5, 5.41) is 0. The molecule has 0 aromatic heterocycles. The van der Waals surface area contributed by atoms with Crippen LogP contribution in [0, 0.1) is 5.92 Å². The third-order valence-electron chi connectivity index (χ3n) is 4.28. The van der Waals surface area contributed by atoms with Crippen LogP contribution in [0.25, 0.3) is 6.08 Å². The van der Waals surface area contributed by atoms with Gasteiger partial charge in [0, 0.05) is 18.1 Å². The lowest BCUT2D eigenvalue weighted by atomic mass is 10.00. The highest BCUT2D eigenvalue weighted by molar-refractivity contribution is 5.49. The molecule has 2 atom stereocenters. The van der Waals surface area contributed by atoms with Gasteiger partial charge in [0.25, 0.3) is 0 Å². The van der Waals surface area contributed by atoms with E-state index in [1.807, 2.05) is 0 Å². The minimum atomic E-state index is 0.240. The molecule has 2 rings (SSSR count). The van der Waals surface area contributed by atoms with Gasteiger partial charge in [0.2, 0.25) is 0 Å². The molecule has 1 aromatic rings. The predicted octanol–water partition coefficient (Wildman–Crippen LogP) is 4.99. The Balaban J connectivity index is 2.16. The van der Waals surface area contributed by atoms with Crippen LogP contribution >= 0.6 is 0 Å². The number of likely N-dealkylation sites (tertiary alicyclic amines) is 1. The summed E-state index contributed by atoms with van der Waals surface area (Å²) >= 11 is 0. The van der Waals surface area contributed by atoms with Gasteiger partial charge in [-0.2, -0.15) is 0 Å². The maximum absolute atomic E-state index is 2.68. The van der Waals surface area contributed by atoms with Crippen LogP contribution in [0.5, 0.6) is 0 Å². The van der Waals surface area contributed by atoms with Gasteiger partial charge in [-0.25, -0.2) is 0 Å². The molecule has 110 valence electrons. The Hall–Kier alpha value is -1.08. The van der Waals surface area contributed by atoms with Gasteiger partial charge >= 0.3 is 0 Å². The Labute approximate surface area is 124 Å². The van der Waals surface area contributed by atoms with Gasteiger partial charge in [-0.05, 0) is 45.1 Å². The van der Waals surface area contributed by atoms with E-state index < -0.39 is 0 Å². The SMILES string of the molecule is CC1CCCC(/C=C/c2ccccc2)N(C(C)(C)C)C1. The fourth-order valence-corrected chi connectivity index (χ4v) is 3.15. The maximum atomic E-state index is 2.68. The molecule has 1 saturated heterocycles. The second-order valence-corrected chi connectivity index (χ2v) is 7.20. The van der Waals surface area contributed by atoms with Crippen molar-refractivity contribution in [3.05, 3.63) is 42.0 Å². The van der Waals surface area contributed by atoms with Crippen molar-refractivity contribution in [2.75, 3.05) is 6.54 Å². The highest BCUT2D eigenvalue weighted by Gasteiger charge is 2.30. The van der Waals surface area contributed by atoms with Crippen LogP contribution < -0.4 is 0 Å². The van der Waals surface area contributed by atoms with E-state index in [0.29, 0.717) is 6.04 Å². The normalized spacial score (nSPS) is 25.8.